The first-order valence-electron chi connectivity index (χ1n) is 6.83. The highest BCUT2D eigenvalue weighted by Crippen LogP contribution is 2.20. The maximum Gasteiger partial charge on any atom is 0.303 e. The van der Waals surface area contributed by atoms with E-state index in [-0.39, 0.29) is 23.8 Å². The average Bonchev–Trinajstić information content (AvgIpc) is 2.37. The Morgan fingerprint density at radius 3 is 2.36 bits per heavy atom. The first kappa shape index (κ1) is 18.2. The second kappa shape index (κ2) is 6.91. The van der Waals surface area contributed by atoms with Crippen molar-refractivity contribution < 1.29 is 23.1 Å². The van der Waals surface area contributed by atoms with Crippen LogP contribution in [0.2, 0.25) is 0 Å². The lowest BCUT2D eigenvalue weighted by molar-refractivity contribution is -0.137. The number of carbonyl (C=O) groups is 2. The molecule has 1 amide bonds. The van der Waals surface area contributed by atoms with Crippen LogP contribution in [0.25, 0.3) is 0 Å². The van der Waals surface area contributed by atoms with Gasteiger partial charge in [0, 0.05) is 24.8 Å². The van der Waals surface area contributed by atoms with Gasteiger partial charge in [-0.1, -0.05) is 6.92 Å². The van der Waals surface area contributed by atoms with E-state index in [1.165, 1.54) is 12.1 Å². The Morgan fingerprint density at radius 2 is 1.86 bits per heavy atom. The van der Waals surface area contributed by atoms with Crippen LogP contribution in [0.15, 0.2) is 17.0 Å². The van der Waals surface area contributed by atoms with Gasteiger partial charge in [-0.2, -0.15) is 0 Å². The Hall–Kier alpha value is -1.89. The largest absolute Gasteiger partial charge is 0.481 e. The standard InChI is InChI=1S/C15H21NO5S/c1-9(5-14(17)18)8-16-15(19)13-7-12(22(4,20)21)6-10(2)11(13)3/h6-7,9H,5,8H2,1-4H3,(H,16,19)(H,17,18). The second-order valence-electron chi connectivity index (χ2n) is 5.60. The fourth-order valence-electron chi connectivity index (χ4n) is 2.01. The number of nitrogens with one attached hydrogen (secondary N) is 1. The second-order valence-corrected chi connectivity index (χ2v) is 7.61. The molecule has 0 bridgehead atoms. The van der Waals surface area contributed by atoms with Crippen LogP contribution < -0.4 is 5.32 Å². The lowest BCUT2D eigenvalue weighted by Gasteiger charge is -2.14. The Morgan fingerprint density at radius 1 is 1.27 bits per heavy atom. The molecule has 1 rings (SSSR count). The molecule has 0 radical (unpaired) electrons. The summed E-state index contributed by atoms with van der Waals surface area (Å²) < 4.78 is 23.3. The van der Waals surface area contributed by atoms with Gasteiger partial charge in [-0.3, -0.25) is 9.59 Å². The van der Waals surface area contributed by atoms with Gasteiger partial charge in [-0.05, 0) is 43.0 Å². The molecule has 2 N–H and O–H groups in total. The summed E-state index contributed by atoms with van der Waals surface area (Å²) in [5.41, 5.74) is 1.71. The first-order chi connectivity index (χ1) is 10.0. The third kappa shape index (κ3) is 4.84. The normalized spacial score (nSPS) is 12.7. The zero-order valence-corrected chi connectivity index (χ0v) is 14.0. The van der Waals surface area contributed by atoms with Crippen LogP contribution in [0.4, 0.5) is 0 Å². The Bertz CT molecular complexity index is 694. The van der Waals surface area contributed by atoms with Crippen LogP contribution in [0.5, 0.6) is 0 Å². The van der Waals surface area contributed by atoms with Crippen LogP contribution in [0.1, 0.15) is 34.8 Å². The fraction of sp³-hybridized carbons (Fsp3) is 0.467. The summed E-state index contributed by atoms with van der Waals surface area (Å²) in [5, 5.41) is 11.3. The van der Waals surface area contributed by atoms with Gasteiger partial charge in [0.25, 0.3) is 5.91 Å². The van der Waals surface area contributed by atoms with Crippen molar-refractivity contribution in [1.29, 1.82) is 0 Å². The maximum atomic E-state index is 12.2. The molecule has 0 fully saturated rings. The minimum Gasteiger partial charge on any atom is -0.481 e. The lowest BCUT2D eigenvalue weighted by atomic mass is 10.0. The van der Waals surface area contributed by atoms with E-state index < -0.39 is 21.7 Å². The third-order valence-corrected chi connectivity index (χ3v) is 4.54. The number of hydrogen-bond donors (Lipinski definition) is 2. The van der Waals surface area contributed by atoms with E-state index in [0.717, 1.165) is 6.26 Å². The highest BCUT2D eigenvalue weighted by atomic mass is 32.2. The quantitative estimate of drug-likeness (QED) is 0.825. The van der Waals surface area contributed by atoms with E-state index in [4.69, 9.17) is 5.11 Å². The van der Waals surface area contributed by atoms with Gasteiger partial charge in [-0.25, -0.2) is 8.42 Å². The molecule has 1 unspecified atom stereocenters. The highest BCUT2D eigenvalue weighted by molar-refractivity contribution is 7.90. The van der Waals surface area contributed by atoms with Crippen molar-refractivity contribution in [1.82, 2.24) is 5.32 Å². The molecule has 0 saturated carbocycles. The van der Waals surface area contributed by atoms with E-state index >= 15 is 0 Å². The van der Waals surface area contributed by atoms with Crippen molar-refractivity contribution in [3.63, 3.8) is 0 Å². The minimum absolute atomic E-state index is 0.0400. The number of amides is 1. The Labute approximate surface area is 130 Å². The molecular weight excluding hydrogens is 306 g/mol. The monoisotopic (exact) mass is 327 g/mol. The summed E-state index contributed by atoms with van der Waals surface area (Å²) in [6.45, 7) is 5.43. The molecule has 1 aromatic carbocycles. The summed E-state index contributed by atoms with van der Waals surface area (Å²) in [6.07, 6.45) is 1.05. The summed E-state index contributed by atoms with van der Waals surface area (Å²) >= 11 is 0. The molecule has 0 heterocycles. The van der Waals surface area contributed by atoms with Gasteiger partial charge >= 0.3 is 5.97 Å². The number of rotatable bonds is 6. The molecule has 0 saturated heterocycles. The molecular formula is C15H21NO5S. The Balaban J connectivity index is 2.98. The SMILES string of the molecule is Cc1cc(S(C)(=O)=O)cc(C(=O)NCC(C)CC(=O)O)c1C. The number of benzene rings is 1. The molecule has 122 valence electrons. The van der Waals surface area contributed by atoms with Crippen molar-refractivity contribution in [3.05, 3.63) is 28.8 Å². The molecule has 1 aromatic rings. The van der Waals surface area contributed by atoms with E-state index in [1.54, 1.807) is 20.8 Å². The molecule has 0 aliphatic carbocycles. The van der Waals surface area contributed by atoms with Gasteiger partial charge in [0.2, 0.25) is 0 Å². The summed E-state index contributed by atoms with van der Waals surface area (Å²) in [6, 6.07) is 2.89. The molecule has 0 aromatic heterocycles. The number of sulfone groups is 1. The van der Waals surface area contributed by atoms with Gasteiger partial charge < -0.3 is 10.4 Å². The number of carbonyl (C=O) groups excluding carboxylic acids is 1. The van der Waals surface area contributed by atoms with Crippen molar-refractivity contribution in [2.24, 2.45) is 5.92 Å². The van der Waals surface area contributed by atoms with E-state index in [9.17, 15) is 18.0 Å². The van der Waals surface area contributed by atoms with Crippen molar-refractivity contribution in [2.75, 3.05) is 12.8 Å². The van der Waals surface area contributed by atoms with Gasteiger partial charge in [0.1, 0.15) is 0 Å². The van der Waals surface area contributed by atoms with Crippen LogP contribution in [0.3, 0.4) is 0 Å². The molecule has 0 aliphatic heterocycles. The lowest BCUT2D eigenvalue weighted by Crippen LogP contribution is -2.30. The van der Waals surface area contributed by atoms with E-state index in [1.807, 2.05) is 0 Å². The predicted molar refractivity (Wildman–Crippen MR) is 82.8 cm³/mol. The summed E-state index contributed by atoms with van der Waals surface area (Å²) in [5.74, 6) is -1.53. The van der Waals surface area contributed by atoms with E-state index in [0.29, 0.717) is 16.7 Å². The number of aryl methyl sites for hydroxylation is 1. The number of carboxylic acids is 1. The average molecular weight is 327 g/mol. The van der Waals surface area contributed by atoms with Crippen LogP contribution >= 0.6 is 0 Å². The molecule has 1 atom stereocenters. The zero-order chi connectivity index (χ0) is 17.1. The topological polar surface area (TPSA) is 101 Å². The molecule has 0 spiro atoms. The van der Waals surface area contributed by atoms with Gasteiger partial charge in [0.15, 0.2) is 9.84 Å². The van der Waals surface area contributed by atoms with E-state index in [2.05, 4.69) is 5.32 Å². The zero-order valence-electron chi connectivity index (χ0n) is 13.1. The molecule has 22 heavy (non-hydrogen) atoms. The molecule has 6 nitrogen and oxygen atoms in total. The van der Waals surface area contributed by atoms with Crippen molar-refractivity contribution in [2.45, 2.75) is 32.1 Å². The predicted octanol–water partition coefficient (Wildman–Crippen LogP) is 1.55. The summed E-state index contributed by atoms with van der Waals surface area (Å²) in [7, 11) is -3.40. The Kier molecular flexibility index (Phi) is 5.71. The summed E-state index contributed by atoms with van der Waals surface area (Å²) in [4.78, 5) is 22.9. The van der Waals surface area contributed by atoms with Crippen LogP contribution in [-0.2, 0) is 14.6 Å². The van der Waals surface area contributed by atoms with Gasteiger partial charge in [0.05, 0.1) is 4.90 Å². The maximum absolute atomic E-state index is 12.2. The van der Waals surface area contributed by atoms with Crippen LogP contribution in [-0.4, -0.2) is 38.2 Å². The smallest absolute Gasteiger partial charge is 0.303 e. The number of hydrogen-bond acceptors (Lipinski definition) is 4. The first-order valence-corrected chi connectivity index (χ1v) is 8.72. The third-order valence-electron chi connectivity index (χ3n) is 3.45. The van der Waals surface area contributed by atoms with Crippen molar-refractivity contribution in [3.8, 4) is 0 Å². The fourth-order valence-corrected chi connectivity index (χ4v) is 2.73. The van der Waals surface area contributed by atoms with Crippen LogP contribution in [0, 0.1) is 19.8 Å². The molecule has 7 heteroatoms. The van der Waals surface area contributed by atoms with Gasteiger partial charge in [-0.15, -0.1) is 0 Å². The highest BCUT2D eigenvalue weighted by Gasteiger charge is 2.17. The number of aliphatic carboxylic acids is 1. The minimum atomic E-state index is -3.40. The van der Waals surface area contributed by atoms with Crippen molar-refractivity contribution >= 4 is 21.7 Å². The molecule has 0 aliphatic rings. The number of carboxylic acid groups (broad SMARTS) is 1.